The van der Waals surface area contributed by atoms with Crippen LogP contribution in [-0.2, 0) is 28.7 Å². The predicted molar refractivity (Wildman–Crippen MR) is 162 cm³/mol. The van der Waals surface area contributed by atoms with E-state index in [1.807, 2.05) is 23.1 Å². The molecule has 2 aromatic carbocycles. The molecule has 3 aliphatic heterocycles. The molecular formula is C31H31ClF3N7O3. The molecule has 6 rings (SSSR count). The Morgan fingerprint density at radius 2 is 1.80 bits per heavy atom. The van der Waals surface area contributed by atoms with Crippen LogP contribution in [0.5, 0.6) is 0 Å². The molecule has 0 radical (unpaired) electrons. The predicted octanol–water partition coefficient (Wildman–Crippen LogP) is 4.28. The third kappa shape index (κ3) is 6.53. The third-order valence-electron chi connectivity index (χ3n) is 8.45. The van der Waals surface area contributed by atoms with E-state index in [2.05, 4.69) is 25.5 Å². The molecule has 2 fully saturated rings. The summed E-state index contributed by atoms with van der Waals surface area (Å²) in [6, 6.07) is 10.8. The van der Waals surface area contributed by atoms with E-state index in [9.17, 15) is 27.6 Å². The number of nitrogens with one attached hydrogen (secondary N) is 2. The van der Waals surface area contributed by atoms with Gasteiger partial charge in [0.2, 0.25) is 17.8 Å². The van der Waals surface area contributed by atoms with Gasteiger partial charge in [0, 0.05) is 63.1 Å². The zero-order valence-electron chi connectivity index (χ0n) is 24.2. The summed E-state index contributed by atoms with van der Waals surface area (Å²) in [5, 5.41) is 5.28. The van der Waals surface area contributed by atoms with Crippen molar-refractivity contribution in [1.29, 1.82) is 0 Å². The number of benzene rings is 2. The van der Waals surface area contributed by atoms with Crippen LogP contribution in [0.2, 0.25) is 5.02 Å². The van der Waals surface area contributed by atoms with E-state index in [1.54, 1.807) is 23.2 Å². The fourth-order valence-electron chi connectivity index (χ4n) is 6.09. The van der Waals surface area contributed by atoms with Crippen molar-refractivity contribution in [2.45, 2.75) is 44.4 Å². The summed E-state index contributed by atoms with van der Waals surface area (Å²) in [4.78, 5) is 51.5. The number of piperazine rings is 1. The van der Waals surface area contributed by atoms with Gasteiger partial charge in [-0.15, -0.1) is 0 Å². The molecule has 3 amide bonds. The van der Waals surface area contributed by atoms with E-state index in [0.29, 0.717) is 69.3 Å². The van der Waals surface area contributed by atoms with Crippen LogP contribution in [0.15, 0.2) is 48.7 Å². The highest BCUT2D eigenvalue weighted by molar-refractivity contribution is 6.31. The smallest absolute Gasteiger partial charge is 0.368 e. The first-order chi connectivity index (χ1) is 21.6. The lowest BCUT2D eigenvalue weighted by molar-refractivity contribution is -0.138. The highest BCUT2D eigenvalue weighted by atomic mass is 35.5. The number of hydrogen-bond donors (Lipinski definition) is 2. The molecular weight excluding hydrogens is 611 g/mol. The summed E-state index contributed by atoms with van der Waals surface area (Å²) >= 11 is 5.78. The van der Waals surface area contributed by atoms with E-state index in [4.69, 9.17) is 11.6 Å². The minimum atomic E-state index is -4.52. The molecule has 0 aliphatic carbocycles. The molecule has 236 valence electrons. The molecule has 1 atom stereocenters. The van der Waals surface area contributed by atoms with Crippen molar-refractivity contribution in [3.05, 3.63) is 75.9 Å². The van der Waals surface area contributed by atoms with Crippen LogP contribution in [-0.4, -0.2) is 71.4 Å². The fourth-order valence-corrected chi connectivity index (χ4v) is 6.32. The molecule has 45 heavy (non-hydrogen) atoms. The largest absolute Gasteiger partial charge is 0.417 e. The second-order valence-electron chi connectivity index (χ2n) is 11.2. The van der Waals surface area contributed by atoms with E-state index in [0.717, 1.165) is 29.4 Å². The number of carbonyl (C=O) groups is 3. The second-order valence-corrected chi connectivity index (χ2v) is 11.7. The van der Waals surface area contributed by atoms with Gasteiger partial charge in [0.05, 0.1) is 10.6 Å². The van der Waals surface area contributed by atoms with Gasteiger partial charge in [-0.1, -0.05) is 23.7 Å². The lowest BCUT2D eigenvalue weighted by Gasteiger charge is -2.37. The number of alkyl halides is 3. The van der Waals surface area contributed by atoms with Gasteiger partial charge < -0.3 is 20.0 Å². The molecule has 1 aromatic heterocycles. The summed E-state index contributed by atoms with van der Waals surface area (Å²) < 4.78 is 39.9. The maximum Gasteiger partial charge on any atom is 0.417 e. The molecule has 4 heterocycles. The molecule has 1 unspecified atom stereocenters. The topological polar surface area (TPSA) is 111 Å². The van der Waals surface area contributed by atoms with Gasteiger partial charge in [-0.2, -0.15) is 18.2 Å². The van der Waals surface area contributed by atoms with Crippen molar-refractivity contribution in [2.24, 2.45) is 0 Å². The van der Waals surface area contributed by atoms with E-state index >= 15 is 0 Å². The highest BCUT2D eigenvalue weighted by Crippen LogP contribution is 2.37. The van der Waals surface area contributed by atoms with Gasteiger partial charge in [-0.05, 0) is 60.7 Å². The summed E-state index contributed by atoms with van der Waals surface area (Å²) in [6.07, 6.45) is -0.859. The summed E-state index contributed by atoms with van der Waals surface area (Å²) in [6.45, 7) is 3.13. The fraction of sp³-hybridized carbons (Fsp3) is 0.387. The van der Waals surface area contributed by atoms with Gasteiger partial charge >= 0.3 is 6.18 Å². The maximum absolute atomic E-state index is 13.3. The van der Waals surface area contributed by atoms with Crippen molar-refractivity contribution < 1.29 is 27.6 Å². The highest BCUT2D eigenvalue weighted by Gasteiger charge is 2.39. The summed E-state index contributed by atoms with van der Waals surface area (Å²) in [5.74, 6) is 0.269. The van der Waals surface area contributed by atoms with Crippen LogP contribution >= 0.6 is 11.6 Å². The molecule has 3 aromatic rings. The van der Waals surface area contributed by atoms with Crippen molar-refractivity contribution >= 4 is 46.8 Å². The number of rotatable bonds is 8. The SMILES string of the molecule is O=C1CCC(N2Cc3c(CCCNc4nccc(N5CCN(c6ccc(Cl)c(C(F)(F)F)c6)CC5)n4)cccc3C2=O)C(=O)N1. The van der Waals surface area contributed by atoms with E-state index in [1.165, 1.54) is 6.07 Å². The van der Waals surface area contributed by atoms with Crippen molar-refractivity contribution in [1.82, 2.24) is 20.2 Å². The van der Waals surface area contributed by atoms with Crippen LogP contribution < -0.4 is 20.4 Å². The number of piperidine rings is 1. The number of hydrogen-bond acceptors (Lipinski definition) is 8. The number of fused-ring (bicyclic) bond motifs is 1. The Kier molecular flexibility index (Phi) is 8.54. The first-order valence-electron chi connectivity index (χ1n) is 14.8. The number of anilines is 3. The number of nitrogens with zero attached hydrogens (tertiary/aromatic N) is 5. The van der Waals surface area contributed by atoms with Crippen molar-refractivity contribution in [3.63, 3.8) is 0 Å². The average Bonchev–Trinajstić information content (AvgIpc) is 3.36. The number of carbonyl (C=O) groups excluding carboxylic acids is 3. The third-order valence-corrected chi connectivity index (χ3v) is 8.78. The van der Waals surface area contributed by atoms with Crippen LogP contribution in [0.1, 0.15) is 46.3 Å². The molecule has 2 N–H and O–H groups in total. The maximum atomic E-state index is 13.3. The Morgan fingerprint density at radius 1 is 1.02 bits per heavy atom. The standard InChI is InChI=1S/C31H31ClF3N7O3/c32-24-7-6-20(17-23(24)31(33,34)35)40-13-15-41(16-14-40)26-10-12-37-30(38-26)36-11-2-4-19-3-1-5-21-22(19)18-42(29(21)45)25-8-9-27(43)39-28(25)44/h1,3,5-7,10,12,17,25H,2,4,8-9,11,13-16,18H2,(H,36,37,38)(H,39,43,44). The number of halogens is 4. The zero-order chi connectivity index (χ0) is 31.7. The lowest BCUT2D eigenvalue weighted by atomic mass is 9.99. The minimum absolute atomic E-state index is 0.190. The van der Waals surface area contributed by atoms with Crippen LogP contribution in [0.3, 0.4) is 0 Å². The number of imide groups is 1. The quantitative estimate of drug-likeness (QED) is 0.277. The molecule has 14 heteroatoms. The van der Waals surface area contributed by atoms with Gasteiger partial charge in [0.1, 0.15) is 11.9 Å². The Balaban J connectivity index is 1.01. The first kappa shape index (κ1) is 30.6. The van der Waals surface area contributed by atoms with E-state index < -0.39 is 23.7 Å². The number of aryl methyl sites for hydroxylation is 1. The van der Waals surface area contributed by atoms with Gasteiger partial charge in [0.25, 0.3) is 5.91 Å². The van der Waals surface area contributed by atoms with Crippen molar-refractivity contribution in [2.75, 3.05) is 47.8 Å². The number of amides is 3. The van der Waals surface area contributed by atoms with Crippen LogP contribution in [0.4, 0.5) is 30.6 Å². The Hall–Kier alpha value is -4.39. The molecule has 0 bridgehead atoms. The van der Waals surface area contributed by atoms with Crippen LogP contribution in [0, 0.1) is 0 Å². The Labute approximate surface area is 262 Å². The zero-order valence-corrected chi connectivity index (χ0v) is 25.0. The van der Waals surface area contributed by atoms with Gasteiger partial charge in [-0.3, -0.25) is 19.7 Å². The second kappa shape index (κ2) is 12.5. The minimum Gasteiger partial charge on any atom is -0.368 e. The molecule has 3 aliphatic rings. The normalized spacial score (nSPS) is 18.7. The van der Waals surface area contributed by atoms with Gasteiger partial charge in [0.15, 0.2) is 0 Å². The molecule has 0 spiro atoms. The lowest BCUT2D eigenvalue weighted by Crippen LogP contribution is -2.52. The monoisotopic (exact) mass is 641 g/mol. The summed E-state index contributed by atoms with van der Waals surface area (Å²) in [7, 11) is 0. The average molecular weight is 642 g/mol. The number of aromatic nitrogens is 2. The molecule has 0 saturated carbocycles. The molecule has 10 nitrogen and oxygen atoms in total. The van der Waals surface area contributed by atoms with E-state index in [-0.39, 0.29) is 23.3 Å². The molecule has 2 saturated heterocycles. The summed E-state index contributed by atoms with van der Waals surface area (Å²) in [5.41, 5.74) is 2.19. The van der Waals surface area contributed by atoms with Gasteiger partial charge in [-0.25, -0.2) is 4.98 Å². The van der Waals surface area contributed by atoms with Crippen molar-refractivity contribution in [3.8, 4) is 0 Å². The first-order valence-corrected chi connectivity index (χ1v) is 15.2. The Bertz CT molecular complexity index is 1630. The van der Waals surface area contributed by atoms with Crippen LogP contribution in [0.25, 0.3) is 0 Å². The Morgan fingerprint density at radius 3 is 2.56 bits per heavy atom.